The number of likely N-dealkylation sites (tertiary alicyclic amines) is 1. The molecular weight excluding hydrogens is 346 g/mol. The van der Waals surface area contributed by atoms with Gasteiger partial charge in [0.05, 0.1) is 19.6 Å². The number of piperidine rings is 1. The van der Waals surface area contributed by atoms with Crippen LogP contribution in [-0.4, -0.2) is 31.3 Å². The fourth-order valence-corrected chi connectivity index (χ4v) is 3.32. The van der Waals surface area contributed by atoms with Gasteiger partial charge in [0.1, 0.15) is 0 Å². The highest BCUT2D eigenvalue weighted by Crippen LogP contribution is 2.15. The Morgan fingerprint density at radius 3 is 2.86 bits per heavy atom. The Morgan fingerprint density at radius 1 is 1.38 bits per heavy atom. The van der Waals surface area contributed by atoms with E-state index in [1.807, 2.05) is 24.3 Å². The normalized spacial score (nSPS) is 21.8. The molecule has 116 valence electrons. The molecule has 1 aliphatic heterocycles. The van der Waals surface area contributed by atoms with Gasteiger partial charge in [0, 0.05) is 23.1 Å². The van der Waals surface area contributed by atoms with Crippen LogP contribution in [0, 0.1) is 5.92 Å². The van der Waals surface area contributed by atoms with Crippen molar-refractivity contribution in [1.29, 1.82) is 0 Å². The van der Waals surface area contributed by atoms with Gasteiger partial charge in [-0.1, -0.05) is 28.9 Å². The van der Waals surface area contributed by atoms with Crippen molar-refractivity contribution >= 4 is 38.9 Å². The second-order valence-corrected chi connectivity index (χ2v) is 7.25. The number of hydrogen-bond acceptors (Lipinski definition) is 1. The smallest absolute Gasteiger partial charge is 0.170 e. The van der Waals surface area contributed by atoms with Crippen molar-refractivity contribution in [2.75, 3.05) is 31.5 Å². The van der Waals surface area contributed by atoms with Crippen LogP contribution in [-0.2, 0) is 0 Å². The molecule has 0 unspecified atom stereocenters. The van der Waals surface area contributed by atoms with Gasteiger partial charge >= 0.3 is 0 Å². The molecule has 0 spiro atoms. The Kier molecular flexibility index (Phi) is 6.93. The SMILES string of the molecule is CC1CC[NH+](CCCNC(=S)Nc2cccc(Br)c2)CC1. The summed E-state index contributed by atoms with van der Waals surface area (Å²) in [6.07, 6.45) is 3.93. The molecule has 1 aromatic carbocycles. The molecule has 21 heavy (non-hydrogen) atoms. The van der Waals surface area contributed by atoms with Crippen LogP contribution in [0.5, 0.6) is 0 Å². The average molecular weight is 371 g/mol. The van der Waals surface area contributed by atoms with Crippen molar-refractivity contribution < 1.29 is 4.90 Å². The van der Waals surface area contributed by atoms with Gasteiger partial charge in [-0.3, -0.25) is 0 Å². The highest BCUT2D eigenvalue weighted by atomic mass is 79.9. The maximum Gasteiger partial charge on any atom is 0.170 e. The number of quaternary nitrogens is 1. The molecule has 0 saturated carbocycles. The summed E-state index contributed by atoms with van der Waals surface area (Å²) in [5.74, 6) is 0.925. The van der Waals surface area contributed by atoms with Crippen LogP contribution < -0.4 is 15.5 Å². The van der Waals surface area contributed by atoms with Crippen molar-refractivity contribution in [3.05, 3.63) is 28.7 Å². The first-order valence-corrected chi connectivity index (χ1v) is 8.97. The van der Waals surface area contributed by atoms with Gasteiger partial charge in [-0.2, -0.15) is 0 Å². The minimum Gasteiger partial charge on any atom is -0.362 e. The van der Waals surface area contributed by atoms with Gasteiger partial charge in [0.25, 0.3) is 0 Å². The number of anilines is 1. The molecule has 0 amide bonds. The van der Waals surface area contributed by atoms with Crippen LogP contribution in [0.1, 0.15) is 26.2 Å². The lowest BCUT2D eigenvalue weighted by molar-refractivity contribution is -0.906. The predicted octanol–water partition coefficient (Wildman–Crippen LogP) is 2.44. The van der Waals surface area contributed by atoms with Crippen LogP contribution >= 0.6 is 28.1 Å². The van der Waals surface area contributed by atoms with E-state index in [2.05, 4.69) is 33.5 Å². The molecule has 1 aromatic rings. The highest BCUT2D eigenvalue weighted by molar-refractivity contribution is 9.10. The van der Waals surface area contributed by atoms with Gasteiger partial charge in [0.15, 0.2) is 5.11 Å². The first-order valence-electron chi connectivity index (χ1n) is 7.77. The second-order valence-electron chi connectivity index (χ2n) is 5.93. The summed E-state index contributed by atoms with van der Waals surface area (Å²) in [6, 6.07) is 8.03. The number of benzene rings is 1. The zero-order valence-corrected chi connectivity index (χ0v) is 15.0. The largest absolute Gasteiger partial charge is 0.362 e. The summed E-state index contributed by atoms with van der Waals surface area (Å²) in [4.78, 5) is 1.75. The molecule has 0 aromatic heterocycles. The van der Waals surface area contributed by atoms with Crippen LogP contribution in [0.3, 0.4) is 0 Å². The second kappa shape index (κ2) is 8.71. The number of rotatable bonds is 5. The van der Waals surface area contributed by atoms with Crippen LogP contribution in [0.25, 0.3) is 0 Å². The lowest BCUT2D eigenvalue weighted by atomic mass is 9.99. The maximum atomic E-state index is 5.32. The summed E-state index contributed by atoms with van der Waals surface area (Å²) in [5.41, 5.74) is 1.01. The predicted molar refractivity (Wildman–Crippen MR) is 96.9 cm³/mol. The van der Waals surface area contributed by atoms with Crippen molar-refractivity contribution in [3.8, 4) is 0 Å². The molecule has 3 N–H and O–H groups in total. The Hall–Kier alpha value is -0.650. The molecule has 3 nitrogen and oxygen atoms in total. The van der Waals surface area contributed by atoms with Crippen LogP contribution in [0.4, 0.5) is 5.69 Å². The molecule has 5 heteroatoms. The zero-order valence-electron chi connectivity index (χ0n) is 12.6. The first kappa shape index (κ1) is 16.7. The monoisotopic (exact) mass is 370 g/mol. The van der Waals surface area contributed by atoms with Crippen LogP contribution in [0.2, 0.25) is 0 Å². The summed E-state index contributed by atoms with van der Waals surface area (Å²) >= 11 is 8.78. The number of halogens is 1. The fraction of sp³-hybridized carbons (Fsp3) is 0.562. The summed E-state index contributed by atoms with van der Waals surface area (Å²) in [5, 5.41) is 7.21. The molecule has 1 heterocycles. The molecule has 0 bridgehead atoms. The van der Waals surface area contributed by atoms with E-state index in [0.717, 1.165) is 22.6 Å². The van der Waals surface area contributed by atoms with E-state index in [0.29, 0.717) is 5.11 Å². The Labute approximate surface area is 141 Å². The molecule has 1 fully saturated rings. The summed E-state index contributed by atoms with van der Waals surface area (Å²) in [7, 11) is 0. The number of nitrogens with one attached hydrogen (secondary N) is 3. The summed E-state index contributed by atoms with van der Waals surface area (Å²) < 4.78 is 1.05. The quantitative estimate of drug-likeness (QED) is 0.549. The summed E-state index contributed by atoms with van der Waals surface area (Å²) in [6.45, 7) is 7.23. The van der Waals surface area contributed by atoms with E-state index in [1.54, 1.807) is 4.90 Å². The minimum absolute atomic E-state index is 0.704. The zero-order chi connectivity index (χ0) is 15.1. The van der Waals surface area contributed by atoms with Gasteiger partial charge in [-0.25, -0.2) is 0 Å². The molecule has 1 aliphatic rings. The van der Waals surface area contributed by atoms with E-state index < -0.39 is 0 Å². The standard InChI is InChI=1S/C16H24BrN3S/c1-13-6-10-20(11-7-13)9-3-8-18-16(21)19-15-5-2-4-14(17)12-15/h2,4-5,12-13H,3,6-11H2,1H3,(H2,18,19,21)/p+1. The Bertz CT molecular complexity index is 459. The lowest BCUT2D eigenvalue weighted by Gasteiger charge is -2.27. The third-order valence-electron chi connectivity index (χ3n) is 4.06. The van der Waals surface area contributed by atoms with Crippen LogP contribution in [0.15, 0.2) is 28.7 Å². The molecule has 0 atom stereocenters. The van der Waals surface area contributed by atoms with Crippen molar-refractivity contribution in [2.24, 2.45) is 5.92 Å². The molecule has 0 radical (unpaired) electrons. The van der Waals surface area contributed by atoms with E-state index in [1.165, 1.54) is 38.9 Å². The van der Waals surface area contributed by atoms with E-state index in [-0.39, 0.29) is 0 Å². The van der Waals surface area contributed by atoms with Crippen molar-refractivity contribution in [1.82, 2.24) is 5.32 Å². The molecule has 2 rings (SSSR count). The topological polar surface area (TPSA) is 28.5 Å². The van der Waals surface area contributed by atoms with Gasteiger partial charge in [0.2, 0.25) is 0 Å². The Morgan fingerprint density at radius 2 is 2.14 bits per heavy atom. The minimum atomic E-state index is 0.704. The third-order valence-corrected chi connectivity index (χ3v) is 4.80. The van der Waals surface area contributed by atoms with Gasteiger partial charge in [-0.15, -0.1) is 0 Å². The highest BCUT2D eigenvalue weighted by Gasteiger charge is 2.17. The number of thiocarbonyl (C=S) groups is 1. The number of hydrogen-bond donors (Lipinski definition) is 3. The van der Waals surface area contributed by atoms with Crippen molar-refractivity contribution in [2.45, 2.75) is 26.2 Å². The Balaban J connectivity index is 1.59. The third kappa shape index (κ3) is 6.32. The average Bonchev–Trinajstić information content (AvgIpc) is 2.45. The maximum absolute atomic E-state index is 5.32. The first-order chi connectivity index (χ1) is 10.1. The van der Waals surface area contributed by atoms with Gasteiger partial charge in [-0.05, 0) is 49.2 Å². The molecular formula is C16H25BrN3S+. The van der Waals surface area contributed by atoms with E-state index in [4.69, 9.17) is 12.2 Å². The molecule has 0 aliphatic carbocycles. The lowest BCUT2D eigenvalue weighted by Crippen LogP contribution is -3.13. The van der Waals surface area contributed by atoms with Gasteiger partial charge < -0.3 is 15.5 Å². The molecule has 1 saturated heterocycles. The van der Waals surface area contributed by atoms with E-state index >= 15 is 0 Å². The van der Waals surface area contributed by atoms with Crippen molar-refractivity contribution in [3.63, 3.8) is 0 Å². The fourth-order valence-electron chi connectivity index (χ4n) is 2.70. The van der Waals surface area contributed by atoms with E-state index in [9.17, 15) is 0 Å².